The molecule has 0 fully saturated rings. The van der Waals surface area contributed by atoms with Gasteiger partial charge in [0.05, 0.1) is 0 Å². The summed E-state index contributed by atoms with van der Waals surface area (Å²) in [6, 6.07) is 0. The fourth-order valence-corrected chi connectivity index (χ4v) is 2.54. The number of rotatable bonds is 7. The predicted octanol–water partition coefficient (Wildman–Crippen LogP) is 6.79. The van der Waals surface area contributed by atoms with Crippen LogP contribution in [0.2, 0.25) is 0 Å². The van der Waals surface area contributed by atoms with Crippen molar-refractivity contribution < 1.29 is 0 Å². The van der Waals surface area contributed by atoms with Crippen LogP contribution in [0.5, 0.6) is 0 Å². The molecule has 0 aliphatic rings. The predicted molar refractivity (Wildman–Crippen MR) is 82.1 cm³/mol. The lowest BCUT2D eigenvalue weighted by atomic mass is 9.77. The van der Waals surface area contributed by atoms with Gasteiger partial charge in [-0.3, -0.25) is 0 Å². The molecule has 16 heavy (non-hydrogen) atoms. The largest absolute Gasteiger partial charge is 0.0776 e. The maximum atomic E-state index is 2.39. The van der Waals surface area contributed by atoms with Crippen LogP contribution in [0.25, 0.3) is 0 Å². The van der Waals surface area contributed by atoms with E-state index in [0.29, 0.717) is 0 Å². The quantitative estimate of drug-likeness (QED) is 0.453. The van der Waals surface area contributed by atoms with E-state index in [2.05, 4.69) is 34.6 Å². The standard InChI is InChI=1S/C13H28.3CH4/c1-6-9-12(8-3)13(10-7-2)11(4)5;;;/h11-13H,6-10H2,1-5H3;3*1H4. The lowest BCUT2D eigenvalue weighted by molar-refractivity contribution is 0.215. The molecule has 104 valence electrons. The van der Waals surface area contributed by atoms with Gasteiger partial charge in [0.25, 0.3) is 0 Å². The van der Waals surface area contributed by atoms with Gasteiger partial charge in [0.1, 0.15) is 0 Å². The summed E-state index contributed by atoms with van der Waals surface area (Å²) in [6.07, 6.45) is 6.93. The summed E-state index contributed by atoms with van der Waals surface area (Å²) in [5.41, 5.74) is 0. The van der Waals surface area contributed by atoms with Gasteiger partial charge in [0, 0.05) is 0 Å². The van der Waals surface area contributed by atoms with Gasteiger partial charge in [-0.2, -0.15) is 0 Å². The van der Waals surface area contributed by atoms with Crippen molar-refractivity contribution in [2.75, 3.05) is 0 Å². The first-order chi connectivity index (χ1) is 6.17. The highest BCUT2D eigenvalue weighted by atomic mass is 14.3. The molecule has 0 aromatic heterocycles. The molecule has 0 heteroatoms. The minimum absolute atomic E-state index is 0. The van der Waals surface area contributed by atoms with E-state index in [1.54, 1.807) is 0 Å². The van der Waals surface area contributed by atoms with Crippen LogP contribution in [0, 0.1) is 17.8 Å². The van der Waals surface area contributed by atoms with Crippen LogP contribution in [0.3, 0.4) is 0 Å². The zero-order valence-corrected chi connectivity index (χ0v) is 10.3. The third-order valence-electron chi connectivity index (χ3n) is 3.27. The third kappa shape index (κ3) is 9.24. The summed E-state index contributed by atoms with van der Waals surface area (Å²) in [5, 5.41) is 0. The first-order valence-electron chi connectivity index (χ1n) is 6.17. The Kier molecular flexibility index (Phi) is 23.4. The second kappa shape index (κ2) is 15.0. The average Bonchev–Trinajstić information content (AvgIpc) is 2.10. The molecule has 0 N–H and O–H groups in total. The fourth-order valence-electron chi connectivity index (χ4n) is 2.54. The van der Waals surface area contributed by atoms with Gasteiger partial charge >= 0.3 is 0 Å². The smallest absolute Gasteiger partial charge is 0.0363 e. The van der Waals surface area contributed by atoms with Crippen molar-refractivity contribution in [2.45, 2.75) is 89.0 Å². The molecule has 0 saturated carbocycles. The summed E-state index contributed by atoms with van der Waals surface area (Å²) >= 11 is 0. The van der Waals surface area contributed by atoms with E-state index < -0.39 is 0 Å². The van der Waals surface area contributed by atoms with Crippen LogP contribution >= 0.6 is 0 Å². The third-order valence-corrected chi connectivity index (χ3v) is 3.27. The Labute approximate surface area is 107 Å². The Bertz CT molecular complexity index is 105. The van der Waals surface area contributed by atoms with Crippen LogP contribution in [-0.4, -0.2) is 0 Å². The Hall–Kier alpha value is 0. The highest BCUT2D eigenvalue weighted by molar-refractivity contribution is 4.71. The fraction of sp³-hybridized carbons (Fsp3) is 1.00. The van der Waals surface area contributed by atoms with Gasteiger partial charge in [-0.15, -0.1) is 0 Å². The molecule has 0 rings (SSSR count). The van der Waals surface area contributed by atoms with E-state index in [0.717, 1.165) is 17.8 Å². The molecular formula is C16H40. The van der Waals surface area contributed by atoms with E-state index in [1.165, 1.54) is 32.1 Å². The maximum Gasteiger partial charge on any atom is -0.0363 e. The van der Waals surface area contributed by atoms with Crippen molar-refractivity contribution in [1.82, 2.24) is 0 Å². The molecule has 0 spiro atoms. The van der Waals surface area contributed by atoms with Gasteiger partial charge in [0.2, 0.25) is 0 Å². The van der Waals surface area contributed by atoms with Crippen LogP contribution in [0.1, 0.15) is 89.0 Å². The minimum atomic E-state index is 0. The van der Waals surface area contributed by atoms with E-state index in [4.69, 9.17) is 0 Å². The highest BCUT2D eigenvalue weighted by Crippen LogP contribution is 2.31. The second-order valence-electron chi connectivity index (χ2n) is 4.65. The van der Waals surface area contributed by atoms with Gasteiger partial charge in [0.15, 0.2) is 0 Å². The molecule has 0 saturated heterocycles. The molecule has 0 radical (unpaired) electrons. The van der Waals surface area contributed by atoms with E-state index in [1.807, 2.05) is 0 Å². The monoisotopic (exact) mass is 232 g/mol. The van der Waals surface area contributed by atoms with Gasteiger partial charge in [-0.1, -0.05) is 89.0 Å². The summed E-state index contributed by atoms with van der Waals surface area (Å²) in [6.45, 7) is 11.8. The molecule has 2 unspecified atom stereocenters. The van der Waals surface area contributed by atoms with Gasteiger partial charge in [-0.25, -0.2) is 0 Å². The van der Waals surface area contributed by atoms with Gasteiger partial charge in [-0.05, 0) is 17.8 Å². The summed E-state index contributed by atoms with van der Waals surface area (Å²) in [5.74, 6) is 2.82. The maximum absolute atomic E-state index is 2.39. The molecule has 0 nitrogen and oxygen atoms in total. The van der Waals surface area contributed by atoms with Gasteiger partial charge < -0.3 is 0 Å². The Balaban J connectivity index is -0.000000240. The normalized spacial score (nSPS) is 13.1. The molecule has 0 aromatic carbocycles. The topological polar surface area (TPSA) is 0 Å². The highest BCUT2D eigenvalue weighted by Gasteiger charge is 2.21. The minimum Gasteiger partial charge on any atom is -0.0776 e. The zero-order valence-electron chi connectivity index (χ0n) is 10.3. The Morgan fingerprint density at radius 2 is 1.19 bits per heavy atom. The van der Waals surface area contributed by atoms with E-state index in [9.17, 15) is 0 Å². The lowest BCUT2D eigenvalue weighted by Crippen LogP contribution is -2.19. The van der Waals surface area contributed by atoms with Crippen molar-refractivity contribution in [3.05, 3.63) is 0 Å². The SMILES string of the molecule is C.C.C.CCCC(CC)C(CCC)C(C)C. The first kappa shape index (κ1) is 25.0. The molecule has 0 aromatic rings. The summed E-state index contributed by atoms with van der Waals surface area (Å²) in [7, 11) is 0. The molecular weight excluding hydrogens is 192 g/mol. The van der Waals surface area contributed by atoms with Crippen LogP contribution < -0.4 is 0 Å². The molecule has 2 atom stereocenters. The molecule has 0 heterocycles. The van der Waals surface area contributed by atoms with Crippen LogP contribution in [-0.2, 0) is 0 Å². The summed E-state index contributed by atoms with van der Waals surface area (Å²) in [4.78, 5) is 0. The second-order valence-corrected chi connectivity index (χ2v) is 4.65. The lowest BCUT2D eigenvalue weighted by Gasteiger charge is -2.29. The molecule has 0 amide bonds. The molecule has 0 bridgehead atoms. The number of hydrogen-bond donors (Lipinski definition) is 0. The van der Waals surface area contributed by atoms with E-state index >= 15 is 0 Å². The van der Waals surface area contributed by atoms with Crippen molar-refractivity contribution >= 4 is 0 Å². The Morgan fingerprint density at radius 3 is 1.44 bits per heavy atom. The van der Waals surface area contributed by atoms with Crippen molar-refractivity contribution in [2.24, 2.45) is 17.8 Å². The van der Waals surface area contributed by atoms with Crippen molar-refractivity contribution in [3.63, 3.8) is 0 Å². The van der Waals surface area contributed by atoms with Crippen molar-refractivity contribution in [1.29, 1.82) is 0 Å². The number of hydrogen-bond acceptors (Lipinski definition) is 0. The summed E-state index contributed by atoms with van der Waals surface area (Å²) < 4.78 is 0. The van der Waals surface area contributed by atoms with Crippen molar-refractivity contribution in [3.8, 4) is 0 Å². The first-order valence-corrected chi connectivity index (χ1v) is 6.17. The molecule has 0 aliphatic heterocycles. The average molecular weight is 232 g/mol. The Morgan fingerprint density at radius 1 is 0.750 bits per heavy atom. The molecule has 0 aliphatic carbocycles. The van der Waals surface area contributed by atoms with Crippen LogP contribution in [0.4, 0.5) is 0 Å². The van der Waals surface area contributed by atoms with Crippen LogP contribution in [0.15, 0.2) is 0 Å². The van der Waals surface area contributed by atoms with E-state index in [-0.39, 0.29) is 22.3 Å². The zero-order chi connectivity index (χ0) is 10.3.